The zero-order valence-electron chi connectivity index (χ0n) is 13.8. The monoisotopic (exact) mass is 290 g/mol. The largest absolute Gasteiger partial charge is 0.394 e. The van der Waals surface area contributed by atoms with Crippen molar-refractivity contribution in [2.75, 3.05) is 20.2 Å². The smallest absolute Gasteiger partial charge is 0.0799 e. The first-order valence-electron chi connectivity index (χ1n) is 8.13. The Labute approximate surface area is 129 Å². The molecule has 0 aromatic heterocycles. The SMILES string of the molecule is CC(C)NC(CO)(CN(C)C(C)C1CC1)c1ccccc1. The van der Waals surface area contributed by atoms with Crippen molar-refractivity contribution < 1.29 is 5.11 Å². The first kappa shape index (κ1) is 16.5. The fraction of sp³-hybridized carbons (Fsp3) is 0.667. The molecule has 0 bridgehead atoms. The van der Waals surface area contributed by atoms with Crippen LogP contribution < -0.4 is 5.32 Å². The lowest BCUT2D eigenvalue weighted by Crippen LogP contribution is -2.56. The molecule has 1 aliphatic rings. The minimum Gasteiger partial charge on any atom is -0.394 e. The van der Waals surface area contributed by atoms with E-state index in [1.54, 1.807) is 0 Å². The summed E-state index contributed by atoms with van der Waals surface area (Å²) in [4.78, 5) is 2.40. The van der Waals surface area contributed by atoms with E-state index >= 15 is 0 Å². The van der Waals surface area contributed by atoms with Crippen molar-refractivity contribution in [1.29, 1.82) is 0 Å². The summed E-state index contributed by atoms with van der Waals surface area (Å²) >= 11 is 0. The molecular weight excluding hydrogens is 260 g/mol. The Morgan fingerprint density at radius 1 is 1.24 bits per heavy atom. The first-order valence-corrected chi connectivity index (χ1v) is 8.13. The van der Waals surface area contributed by atoms with E-state index in [9.17, 15) is 5.11 Å². The number of aliphatic hydroxyl groups is 1. The zero-order chi connectivity index (χ0) is 15.5. The Morgan fingerprint density at radius 3 is 2.33 bits per heavy atom. The number of benzene rings is 1. The Balaban J connectivity index is 2.21. The van der Waals surface area contributed by atoms with Crippen LogP contribution in [0.2, 0.25) is 0 Å². The van der Waals surface area contributed by atoms with Gasteiger partial charge in [0.1, 0.15) is 0 Å². The number of hydrogen-bond donors (Lipinski definition) is 2. The van der Waals surface area contributed by atoms with Crippen LogP contribution in [0.4, 0.5) is 0 Å². The lowest BCUT2D eigenvalue weighted by molar-refractivity contribution is 0.0902. The molecule has 2 N–H and O–H groups in total. The standard InChI is InChI=1S/C18H30N2O/c1-14(2)19-18(13-21,17-8-6-5-7-9-17)12-20(4)15(3)16-10-11-16/h5-9,14-16,19,21H,10-13H2,1-4H3. The number of aliphatic hydroxyl groups excluding tert-OH is 1. The van der Waals surface area contributed by atoms with Gasteiger partial charge in [0, 0.05) is 18.6 Å². The topological polar surface area (TPSA) is 35.5 Å². The molecule has 1 fully saturated rings. The maximum atomic E-state index is 10.2. The highest BCUT2D eigenvalue weighted by Crippen LogP contribution is 2.35. The van der Waals surface area contributed by atoms with Gasteiger partial charge in [-0.15, -0.1) is 0 Å². The predicted octanol–water partition coefficient (Wildman–Crippen LogP) is 2.60. The Morgan fingerprint density at radius 2 is 1.86 bits per heavy atom. The van der Waals surface area contributed by atoms with E-state index in [4.69, 9.17) is 0 Å². The molecule has 0 heterocycles. The second-order valence-electron chi connectivity index (χ2n) is 6.90. The van der Waals surface area contributed by atoms with Crippen molar-refractivity contribution in [2.45, 2.75) is 51.2 Å². The van der Waals surface area contributed by atoms with Gasteiger partial charge in [-0.25, -0.2) is 0 Å². The summed E-state index contributed by atoms with van der Waals surface area (Å²) in [6.07, 6.45) is 2.70. The third kappa shape index (κ3) is 4.06. The van der Waals surface area contributed by atoms with Crippen LogP contribution in [0.1, 0.15) is 39.2 Å². The normalized spacial score (nSPS) is 19.8. The van der Waals surface area contributed by atoms with Crippen molar-refractivity contribution in [3.63, 3.8) is 0 Å². The summed E-state index contributed by atoms with van der Waals surface area (Å²) in [5.41, 5.74) is 0.767. The lowest BCUT2D eigenvalue weighted by Gasteiger charge is -2.40. The highest BCUT2D eigenvalue weighted by Gasteiger charge is 2.37. The van der Waals surface area contributed by atoms with Crippen LogP contribution in [-0.4, -0.2) is 42.3 Å². The number of likely N-dealkylation sites (N-methyl/N-ethyl adjacent to an activating group) is 1. The highest BCUT2D eigenvalue weighted by molar-refractivity contribution is 5.25. The zero-order valence-corrected chi connectivity index (χ0v) is 13.8. The predicted molar refractivity (Wildman–Crippen MR) is 88.3 cm³/mol. The van der Waals surface area contributed by atoms with Crippen LogP contribution in [0, 0.1) is 5.92 Å². The summed E-state index contributed by atoms with van der Waals surface area (Å²) in [6, 6.07) is 11.2. The molecule has 0 aliphatic heterocycles. The second-order valence-corrected chi connectivity index (χ2v) is 6.90. The lowest BCUT2D eigenvalue weighted by atomic mass is 9.88. The molecule has 1 saturated carbocycles. The third-order valence-corrected chi connectivity index (χ3v) is 4.68. The van der Waals surface area contributed by atoms with E-state index in [-0.39, 0.29) is 6.61 Å². The van der Waals surface area contributed by atoms with Gasteiger partial charge in [0.05, 0.1) is 12.1 Å². The molecular formula is C18H30N2O. The molecule has 0 amide bonds. The fourth-order valence-corrected chi connectivity index (χ4v) is 3.23. The van der Waals surface area contributed by atoms with Gasteiger partial charge in [0.15, 0.2) is 0 Å². The quantitative estimate of drug-likeness (QED) is 0.772. The molecule has 2 unspecified atom stereocenters. The fourth-order valence-electron chi connectivity index (χ4n) is 3.23. The Hall–Kier alpha value is -0.900. The number of nitrogens with one attached hydrogen (secondary N) is 1. The number of rotatable bonds is 8. The summed E-state index contributed by atoms with van der Waals surface area (Å²) < 4.78 is 0. The number of nitrogens with zero attached hydrogens (tertiary/aromatic N) is 1. The van der Waals surface area contributed by atoms with E-state index in [0.717, 1.165) is 18.0 Å². The highest BCUT2D eigenvalue weighted by atomic mass is 16.3. The second kappa shape index (κ2) is 6.91. The summed E-state index contributed by atoms with van der Waals surface area (Å²) in [5, 5.41) is 13.8. The molecule has 3 heteroatoms. The molecule has 0 saturated heterocycles. The molecule has 2 rings (SSSR count). The van der Waals surface area contributed by atoms with Gasteiger partial charge < -0.3 is 15.3 Å². The van der Waals surface area contributed by atoms with Crippen molar-refractivity contribution >= 4 is 0 Å². The van der Waals surface area contributed by atoms with E-state index < -0.39 is 5.54 Å². The van der Waals surface area contributed by atoms with Gasteiger partial charge in [-0.2, -0.15) is 0 Å². The summed E-state index contributed by atoms with van der Waals surface area (Å²) in [6.45, 7) is 7.51. The summed E-state index contributed by atoms with van der Waals surface area (Å²) in [7, 11) is 2.18. The van der Waals surface area contributed by atoms with E-state index in [0.29, 0.717) is 12.1 Å². The van der Waals surface area contributed by atoms with Gasteiger partial charge in [-0.1, -0.05) is 30.3 Å². The minimum atomic E-state index is -0.396. The first-order chi connectivity index (χ1) is 9.98. The van der Waals surface area contributed by atoms with E-state index in [1.165, 1.54) is 12.8 Å². The molecule has 0 spiro atoms. The maximum absolute atomic E-state index is 10.2. The molecule has 118 valence electrons. The summed E-state index contributed by atoms with van der Waals surface area (Å²) in [5.74, 6) is 0.834. The third-order valence-electron chi connectivity index (χ3n) is 4.68. The van der Waals surface area contributed by atoms with Gasteiger partial charge in [0.2, 0.25) is 0 Å². The van der Waals surface area contributed by atoms with Crippen LogP contribution in [0.5, 0.6) is 0 Å². The van der Waals surface area contributed by atoms with Crippen LogP contribution >= 0.6 is 0 Å². The Kier molecular flexibility index (Phi) is 5.42. The molecule has 1 aromatic rings. The average Bonchev–Trinajstić information content (AvgIpc) is 3.30. The van der Waals surface area contributed by atoms with Gasteiger partial charge in [-0.3, -0.25) is 0 Å². The Bertz CT molecular complexity index is 430. The molecule has 0 radical (unpaired) electrons. The van der Waals surface area contributed by atoms with E-state index in [2.05, 4.69) is 50.2 Å². The molecule has 1 aromatic carbocycles. The van der Waals surface area contributed by atoms with Crippen LogP contribution in [-0.2, 0) is 5.54 Å². The van der Waals surface area contributed by atoms with Crippen molar-refractivity contribution in [3.8, 4) is 0 Å². The molecule has 3 nitrogen and oxygen atoms in total. The average molecular weight is 290 g/mol. The van der Waals surface area contributed by atoms with Crippen LogP contribution in [0.15, 0.2) is 30.3 Å². The van der Waals surface area contributed by atoms with Gasteiger partial charge in [0.25, 0.3) is 0 Å². The molecule has 2 atom stereocenters. The minimum absolute atomic E-state index is 0.108. The van der Waals surface area contributed by atoms with Crippen LogP contribution in [0.25, 0.3) is 0 Å². The van der Waals surface area contributed by atoms with Crippen LogP contribution in [0.3, 0.4) is 0 Å². The van der Waals surface area contributed by atoms with E-state index in [1.807, 2.05) is 18.2 Å². The van der Waals surface area contributed by atoms with Gasteiger partial charge >= 0.3 is 0 Å². The van der Waals surface area contributed by atoms with Crippen molar-refractivity contribution in [2.24, 2.45) is 5.92 Å². The maximum Gasteiger partial charge on any atom is 0.0799 e. The van der Waals surface area contributed by atoms with Crippen molar-refractivity contribution in [1.82, 2.24) is 10.2 Å². The number of hydrogen-bond acceptors (Lipinski definition) is 3. The molecule has 1 aliphatic carbocycles. The molecule has 21 heavy (non-hydrogen) atoms. The van der Waals surface area contributed by atoms with Crippen molar-refractivity contribution in [3.05, 3.63) is 35.9 Å². The van der Waals surface area contributed by atoms with Gasteiger partial charge in [-0.05, 0) is 52.1 Å².